The van der Waals surface area contributed by atoms with E-state index in [1.165, 1.54) is 0 Å². The van der Waals surface area contributed by atoms with Gasteiger partial charge in [-0.25, -0.2) is 0 Å². The molecule has 0 aliphatic carbocycles. The van der Waals surface area contributed by atoms with Crippen molar-refractivity contribution in [3.05, 3.63) is 0 Å². The van der Waals surface area contributed by atoms with Crippen molar-refractivity contribution in [3.8, 4) is 0 Å². The van der Waals surface area contributed by atoms with E-state index >= 15 is 0 Å². The van der Waals surface area contributed by atoms with Gasteiger partial charge in [-0.15, -0.1) is 0 Å². The van der Waals surface area contributed by atoms with Crippen molar-refractivity contribution in [3.63, 3.8) is 0 Å². The van der Waals surface area contributed by atoms with Crippen molar-refractivity contribution >= 4 is 15.9 Å². The van der Waals surface area contributed by atoms with Crippen molar-refractivity contribution in [2.45, 2.75) is 23.6 Å². The van der Waals surface area contributed by atoms with Crippen LogP contribution in [0.2, 0.25) is 0 Å². The summed E-state index contributed by atoms with van der Waals surface area (Å²) in [6.45, 7) is 0.269. The molecule has 0 aromatic rings. The van der Waals surface area contributed by atoms with Crippen LogP contribution in [0.25, 0.3) is 0 Å². The molecule has 1 aliphatic rings. The summed E-state index contributed by atoms with van der Waals surface area (Å²) in [5, 5.41) is 2.76. The number of hydrogen-bond donors (Lipinski definition) is 2. The smallest absolute Gasteiger partial charge is 0.316 e. The third-order valence-electron chi connectivity index (χ3n) is 1.94. The highest BCUT2D eigenvalue weighted by Crippen LogP contribution is 2.36. The zero-order valence-corrected chi connectivity index (χ0v) is 7.82. The van der Waals surface area contributed by atoms with E-state index < -0.39 is 23.1 Å². The average Bonchev–Trinajstić information content (AvgIpc) is 1.92. The third-order valence-corrected chi connectivity index (χ3v) is 2.90. The summed E-state index contributed by atoms with van der Waals surface area (Å²) in [6.07, 6.45) is -4.74. The van der Waals surface area contributed by atoms with Crippen LogP contribution in [0.3, 0.4) is 0 Å². The second kappa shape index (κ2) is 3.51. The molecule has 0 amide bonds. The first-order chi connectivity index (χ1) is 5.41. The molecule has 12 heavy (non-hydrogen) atoms. The van der Waals surface area contributed by atoms with Crippen LogP contribution in [-0.4, -0.2) is 23.7 Å². The standard InChI is InChI=1S/C6H10BrF3N2/c7-4-2-12-5(11)1-3(4)6(8,9)10/h3-5,12H,1-2,11H2. The molecule has 0 radical (unpaired) electrons. The second-order valence-electron chi connectivity index (χ2n) is 2.91. The zero-order valence-electron chi connectivity index (χ0n) is 6.24. The SMILES string of the molecule is NC1CC(C(F)(F)F)C(Br)CN1. The minimum atomic E-state index is -4.14. The number of halogens is 4. The number of alkyl halides is 4. The molecule has 0 aromatic heterocycles. The number of piperidine rings is 1. The van der Waals surface area contributed by atoms with Gasteiger partial charge >= 0.3 is 6.18 Å². The third kappa shape index (κ3) is 2.34. The van der Waals surface area contributed by atoms with Gasteiger partial charge in [0.1, 0.15) is 0 Å². The molecule has 1 saturated heterocycles. The first kappa shape index (κ1) is 10.3. The van der Waals surface area contributed by atoms with Crippen LogP contribution in [-0.2, 0) is 0 Å². The number of hydrogen-bond acceptors (Lipinski definition) is 2. The Kier molecular flexibility index (Phi) is 3.01. The Balaban J connectivity index is 2.61. The molecule has 6 heteroatoms. The first-order valence-electron chi connectivity index (χ1n) is 3.61. The molecule has 1 rings (SSSR count). The van der Waals surface area contributed by atoms with E-state index in [1.807, 2.05) is 0 Å². The van der Waals surface area contributed by atoms with Gasteiger partial charge < -0.3 is 11.1 Å². The Morgan fingerprint density at radius 1 is 1.42 bits per heavy atom. The van der Waals surface area contributed by atoms with Gasteiger partial charge in [0.25, 0.3) is 0 Å². The fourth-order valence-corrected chi connectivity index (χ4v) is 1.95. The number of nitrogens with two attached hydrogens (primary N) is 1. The zero-order chi connectivity index (χ0) is 9.35. The summed E-state index contributed by atoms with van der Waals surface area (Å²) in [7, 11) is 0. The monoisotopic (exact) mass is 246 g/mol. The summed E-state index contributed by atoms with van der Waals surface area (Å²) in [6, 6.07) is 0. The Labute approximate surface area is 76.8 Å². The van der Waals surface area contributed by atoms with Gasteiger partial charge in [-0.2, -0.15) is 13.2 Å². The van der Waals surface area contributed by atoms with E-state index in [0.29, 0.717) is 0 Å². The van der Waals surface area contributed by atoms with Crippen molar-refractivity contribution < 1.29 is 13.2 Å². The van der Waals surface area contributed by atoms with Gasteiger partial charge in [0.15, 0.2) is 0 Å². The van der Waals surface area contributed by atoms with Crippen molar-refractivity contribution in [1.82, 2.24) is 5.32 Å². The minimum Gasteiger partial charge on any atom is -0.316 e. The normalized spacial score (nSPS) is 38.2. The fraction of sp³-hybridized carbons (Fsp3) is 1.00. The molecule has 0 saturated carbocycles. The summed E-state index contributed by atoms with van der Waals surface area (Å²) in [5.74, 6) is -1.33. The van der Waals surface area contributed by atoms with E-state index in [1.54, 1.807) is 0 Å². The van der Waals surface area contributed by atoms with Crippen molar-refractivity contribution in [2.75, 3.05) is 6.54 Å². The number of rotatable bonds is 0. The highest BCUT2D eigenvalue weighted by molar-refractivity contribution is 9.09. The predicted molar refractivity (Wildman–Crippen MR) is 42.9 cm³/mol. The number of nitrogens with one attached hydrogen (secondary N) is 1. The Bertz CT molecular complexity index is 161. The Morgan fingerprint density at radius 3 is 2.42 bits per heavy atom. The molecular formula is C6H10BrF3N2. The summed E-state index contributed by atoms with van der Waals surface area (Å²) < 4.78 is 36.8. The lowest BCUT2D eigenvalue weighted by Gasteiger charge is -2.33. The van der Waals surface area contributed by atoms with Gasteiger partial charge in [-0.3, -0.25) is 0 Å². The lowest BCUT2D eigenvalue weighted by Crippen LogP contribution is -2.52. The van der Waals surface area contributed by atoms with Crippen LogP contribution < -0.4 is 11.1 Å². The molecule has 3 N–H and O–H groups in total. The molecule has 0 spiro atoms. The van der Waals surface area contributed by atoms with Crippen LogP contribution in [0.4, 0.5) is 13.2 Å². The molecule has 1 fully saturated rings. The molecule has 3 unspecified atom stereocenters. The maximum absolute atomic E-state index is 12.3. The van der Waals surface area contributed by atoms with E-state index in [9.17, 15) is 13.2 Å². The Morgan fingerprint density at radius 2 is 2.00 bits per heavy atom. The molecule has 72 valence electrons. The van der Waals surface area contributed by atoms with Crippen molar-refractivity contribution in [1.29, 1.82) is 0 Å². The van der Waals surface area contributed by atoms with E-state index in [0.717, 1.165) is 0 Å². The van der Waals surface area contributed by atoms with Crippen LogP contribution in [0, 0.1) is 5.92 Å². The molecular weight excluding hydrogens is 237 g/mol. The van der Waals surface area contributed by atoms with Crippen molar-refractivity contribution in [2.24, 2.45) is 11.7 Å². The summed E-state index contributed by atoms with van der Waals surface area (Å²) in [4.78, 5) is -0.558. The predicted octanol–water partition coefficient (Wildman–Crippen LogP) is 1.21. The van der Waals surface area contributed by atoms with Crippen LogP contribution in [0.15, 0.2) is 0 Å². The highest BCUT2D eigenvalue weighted by Gasteiger charge is 2.46. The van der Waals surface area contributed by atoms with Gasteiger partial charge in [-0.05, 0) is 6.42 Å². The minimum absolute atomic E-state index is 0.0561. The largest absolute Gasteiger partial charge is 0.393 e. The molecule has 1 aliphatic heterocycles. The topological polar surface area (TPSA) is 38.0 Å². The fourth-order valence-electron chi connectivity index (χ4n) is 1.25. The highest BCUT2D eigenvalue weighted by atomic mass is 79.9. The second-order valence-corrected chi connectivity index (χ2v) is 4.09. The summed E-state index contributed by atoms with van der Waals surface area (Å²) >= 11 is 2.98. The molecule has 0 aromatic carbocycles. The molecule has 3 atom stereocenters. The van der Waals surface area contributed by atoms with Gasteiger partial charge in [0, 0.05) is 11.4 Å². The van der Waals surface area contributed by atoms with E-state index in [2.05, 4.69) is 21.2 Å². The quantitative estimate of drug-likeness (QED) is 0.631. The van der Waals surface area contributed by atoms with Crippen LogP contribution in [0.5, 0.6) is 0 Å². The van der Waals surface area contributed by atoms with E-state index in [-0.39, 0.29) is 13.0 Å². The maximum atomic E-state index is 12.3. The summed E-state index contributed by atoms with van der Waals surface area (Å²) in [5.41, 5.74) is 5.35. The Hall–Kier alpha value is 0.190. The van der Waals surface area contributed by atoms with Gasteiger partial charge in [0.2, 0.25) is 0 Å². The average molecular weight is 247 g/mol. The molecule has 0 bridgehead atoms. The lowest BCUT2D eigenvalue weighted by atomic mass is 9.95. The first-order valence-corrected chi connectivity index (χ1v) is 4.52. The van der Waals surface area contributed by atoms with Crippen LogP contribution in [0.1, 0.15) is 6.42 Å². The molecule has 2 nitrogen and oxygen atoms in total. The lowest BCUT2D eigenvalue weighted by molar-refractivity contribution is -0.180. The van der Waals surface area contributed by atoms with Gasteiger partial charge in [-0.1, -0.05) is 15.9 Å². The molecule has 1 heterocycles. The van der Waals surface area contributed by atoms with Gasteiger partial charge in [0.05, 0.1) is 12.1 Å². The van der Waals surface area contributed by atoms with E-state index in [4.69, 9.17) is 5.73 Å². The maximum Gasteiger partial charge on any atom is 0.393 e. The van der Waals surface area contributed by atoms with Crippen LogP contribution >= 0.6 is 15.9 Å².